The van der Waals surface area contributed by atoms with E-state index in [0.29, 0.717) is 6.54 Å². The third-order valence-corrected chi connectivity index (χ3v) is 7.65. The van der Waals surface area contributed by atoms with Crippen LogP contribution in [0, 0.1) is 17.8 Å². The van der Waals surface area contributed by atoms with Gasteiger partial charge in [0.05, 0.1) is 13.0 Å². The zero-order valence-corrected chi connectivity index (χ0v) is 18.3. The second-order valence-electron chi connectivity index (χ2n) is 9.32. The minimum atomic E-state index is -0.483. The lowest BCUT2D eigenvalue weighted by molar-refractivity contribution is -0.151. The average Bonchev–Trinajstić information content (AvgIpc) is 3.17. The molecule has 0 unspecified atom stereocenters. The maximum absolute atomic E-state index is 12.4. The van der Waals surface area contributed by atoms with Crippen LogP contribution in [0.1, 0.15) is 49.8 Å². The van der Waals surface area contributed by atoms with Gasteiger partial charge in [-0.2, -0.15) is 0 Å². The molecule has 3 amide bonds. The first kappa shape index (κ1) is 21.2. The summed E-state index contributed by atoms with van der Waals surface area (Å²) in [5.41, 5.74) is -0.0427. The molecular formula is C22H31N3O4S. The van der Waals surface area contributed by atoms with Crippen molar-refractivity contribution in [3.63, 3.8) is 0 Å². The third kappa shape index (κ3) is 5.14. The largest absolute Gasteiger partial charge is 0.456 e. The number of thiophene rings is 1. The number of carbonyl (C=O) groups is 3. The van der Waals surface area contributed by atoms with E-state index in [1.165, 1.54) is 24.2 Å². The van der Waals surface area contributed by atoms with Crippen molar-refractivity contribution >= 4 is 29.2 Å². The number of rotatable bonds is 8. The summed E-state index contributed by atoms with van der Waals surface area (Å²) in [5, 5.41) is 7.96. The van der Waals surface area contributed by atoms with E-state index in [1.54, 1.807) is 18.4 Å². The number of hydrogen-bond acceptors (Lipinski definition) is 5. The molecule has 4 aliphatic rings. The lowest BCUT2D eigenvalue weighted by Gasteiger charge is -2.56. The predicted octanol–water partition coefficient (Wildman–Crippen LogP) is 2.91. The van der Waals surface area contributed by atoms with Gasteiger partial charge in [-0.25, -0.2) is 4.79 Å². The molecule has 4 fully saturated rings. The molecule has 0 aliphatic heterocycles. The van der Waals surface area contributed by atoms with Crippen LogP contribution >= 0.6 is 11.3 Å². The van der Waals surface area contributed by atoms with Crippen molar-refractivity contribution in [1.29, 1.82) is 0 Å². The average molecular weight is 434 g/mol. The van der Waals surface area contributed by atoms with Gasteiger partial charge < -0.3 is 20.3 Å². The van der Waals surface area contributed by atoms with E-state index in [1.807, 2.05) is 17.5 Å². The minimum Gasteiger partial charge on any atom is -0.456 e. The highest BCUT2D eigenvalue weighted by atomic mass is 32.1. The molecule has 7 nitrogen and oxygen atoms in total. The van der Waals surface area contributed by atoms with Crippen LogP contribution in [0.3, 0.4) is 0 Å². The molecule has 1 aromatic rings. The molecule has 2 N–H and O–H groups in total. The third-order valence-electron chi connectivity index (χ3n) is 6.79. The number of likely N-dealkylation sites (N-methyl/N-ethyl adjacent to an activating group) is 1. The number of ether oxygens (including phenoxy) is 1. The van der Waals surface area contributed by atoms with Crippen molar-refractivity contribution < 1.29 is 19.1 Å². The van der Waals surface area contributed by atoms with E-state index in [9.17, 15) is 14.4 Å². The zero-order chi connectivity index (χ0) is 21.1. The van der Waals surface area contributed by atoms with E-state index in [-0.39, 0.29) is 37.0 Å². The van der Waals surface area contributed by atoms with Crippen LogP contribution in [0.15, 0.2) is 17.5 Å². The van der Waals surface area contributed by atoms with E-state index in [2.05, 4.69) is 10.6 Å². The highest BCUT2D eigenvalue weighted by molar-refractivity contribution is 7.09. The van der Waals surface area contributed by atoms with Crippen molar-refractivity contribution in [2.75, 3.05) is 20.2 Å². The number of esters is 1. The standard InChI is InChI=1S/C22H31N3O4S/c1-25(13-18-3-2-6-30-18)19(26)14-29-20(27)4-5-23-21(28)24-22-10-15-7-16(11-22)9-17(8-15)12-22/h2-3,6,15-17H,4-5,7-14H2,1H3,(H2,23,24,28). The van der Waals surface area contributed by atoms with Crippen LogP contribution in [0.2, 0.25) is 0 Å². The first-order chi connectivity index (χ1) is 14.4. The molecule has 4 saturated carbocycles. The van der Waals surface area contributed by atoms with Crippen LogP contribution < -0.4 is 10.6 Å². The summed E-state index contributed by atoms with van der Waals surface area (Å²) in [6.45, 7) is 0.427. The molecule has 0 saturated heterocycles. The first-order valence-corrected chi connectivity index (χ1v) is 11.8. The maximum atomic E-state index is 12.4. The van der Waals surface area contributed by atoms with Crippen LogP contribution in [0.25, 0.3) is 0 Å². The van der Waals surface area contributed by atoms with Gasteiger partial charge in [0.1, 0.15) is 0 Å². The topological polar surface area (TPSA) is 87.7 Å². The Morgan fingerprint density at radius 1 is 1.17 bits per heavy atom. The molecule has 1 heterocycles. The number of nitrogens with one attached hydrogen (secondary N) is 2. The Hall–Kier alpha value is -2.09. The lowest BCUT2D eigenvalue weighted by Crippen LogP contribution is -2.61. The molecule has 164 valence electrons. The Kier molecular flexibility index (Phi) is 6.32. The normalized spacial score (nSPS) is 28.8. The molecule has 1 aromatic heterocycles. The number of urea groups is 1. The van der Waals surface area contributed by atoms with E-state index < -0.39 is 5.97 Å². The van der Waals surface area contributed by atoms with Gasteiger partial charge in [0.15, 0.2) is 6.61 Å². The molecule has 0 aromatic carbocycles. The zero-order valence-electron chi connectivity index (χ0n) is 17.5. The fraction of sp³-hybridized carbons (Fsp3) is 0.682. The van der Waals surface area contributed by atoms with Gasteiger partial charge in [0, 0.05) is 24.0 Å². The predicted molar refractivity (Wildman–Crippen MR) is 114 cm³/mol. The lowest BCUT2D eigenvalue weighted by atomic mass is 9.53. The van der Waals surface area contributed by atoms with Crippen molar-refractivity contribution in [1.82, 2.24) is 15.5 Å². The van der Waals surface area contributed by atoms with Crippen molar-refractivity contribution in [3.05, 3.63) is 22.4 Å². The van der Waals surface area contributed by atoms with Crippen molar-refractivity contribution in [2.45, 2.75) is 57.0 Å². The minimum absolute atomic E-state index is 0.0427. The Labute approximate surface area is 181 Å². The van der Waals surface area contributed by atoms with Gasteiger partial charge in [-0.1, -0.05) is 6.07 Å². The van der Waals surface area contributed by atoms with Gasteiger partial charge in [-0.15, -0.1) is 11.3 Å². The van der Waals surface area contributed by atoms with Crippen LogP contribution in [-0.2, 0) is 20.9 Å². The fourth-order valence-electron chi connectivity index (χ4n) is 5.88. The van der Waals surface area contributed by atoms with Gasteiger partial charge in [-0.3, -0.25) is 9.59 Å². The molecule has 8 heteroatoms. The van der Waals surface area contributed by atoms with Crippen LogP contribution in [-0.4, -0.2) is 48.5 Å². The van der Waals surface area contributed by atoms with Crippen molar-refractivity contribution in [2.24, 2.45) is 17.8 Å². The Balaban J connectivity index is 1.12. The number of amides is 3. The summed E-state index contributed by atoms with van der Waals surface area (Å²) in [4.78, 5) is 39.0. The summed E-state index contributed by atoms with van der Waals surface area (Å²) in [7, 11) is 1.69. The number of carbonyl (C=O) groups excluding carboxylic acids is 3. The van der Waals surface area contributed by atoms with Gasteiger partial charge in [0.25, 0.3) is 5.91 Å². The van der Waals surface area contributed by atoms with Crippen LogP contribution in [0.5, 0.6) is 0 Å². The molecule has 4 aliphatic carbocycles. The van der Waals surface area contributed by atoms with Gasteiger partial charge >= 0.3 is 12.0 Å². The smallest absolute Gasteiger partial charge is 0.315 e. The SMILES string of the molecule is CN(Cc1cccs1)C(=O)COC(=O)CCNC(=O)NC12CC3CC(CC(C3)C1)C2. The summed E-state index contributed by atoms with van der Waals surface area (Å²) >= 11 is 1.58. The van der Waals surface area contributed by atoms with Crippen LogP contribution in [0.4, 0.5) is 4.79 Å². The highest BCUT2D eigenvalue weighted by Crippen LogP contribution is 2.55. The Morgan fingerprint density at radius 2 is 1.83 bits per heavy atom. The molecule has 0 atom stereocenters. The molecule has 5 rings (SSSR count). The van der Waals surface area contributed by atoms with Crippen molar-refractivity contribution in [3.8, 4) is 0 Å². The maximum Gasteiger partial charge on any atom is 0.315 e. The molecular weight excluding hydrogens is 402 g/mol. The summed E-state index contributed by atoms with van der Waals surface area (Å²) in [5.74, 6) is 1.57. The molecule has 0 radical (unpaired) electrons. The van der Waals surface area contributed by atoms with Gasteiger partial charge in [-0.05, 0) is 67.7 Å². The Bertz CT molecular complexity index is 744. The molecule has 4 bridgehead atoms. The van der Waals surface area contributed by atoms with E-state index >= 15 is 0 Å². The van der Waals surface area contributed by atoms with E-state index in [0.717, 1.165) is 41.9 Å². The summed E-state index contributed by atoms with van der Waals surface area (Å²) in [6, 6.07) is 3.70. The summed E-state index contributed by atoms with van der Waals surface area (Å²) < 4.78 is 5.06. The number of nitrogens with zero attached hydrogens (tertiary/aromatic N) is 1. The first-order valence-electron chi connectivity index (χ1n) is 10.9. The van der Waals surface area contributed by atoms with Gasteiger partial charge in [0.2, 0.25) is 0 Å². The second-order valence-corrected chi connectivity index (χ2v) is 10.4. The monoisotopic (exact) mass is 433 g/mol. The fourth-order valence-corrected chi connectivity index (χ4v) is 6.63. The summed E-state index contributed by atoms with van der Waals surface area (Å²) in [6.07, 6.45) is 7.32. The Morgan fingerprint density at radius 3 is 2.43 bits per heavy atom. The number of hydrogen-bond donors (Lipinski definition) is 2. The highest BCUT2D eigenvalue weighted by Gasteiger charge is 2.51. The molecule has 30 heavy (non-hydrogen) atoms. The quantitative estimate of drug-likeness (QED) is 0.617. The molecule has 0 spiro atoms. The van der Waals surface area contributed by atoms with E-state index in [4.69, 9.17) is 4.74 Å². The second kappa shape index (κ2) is 8.96.